The zero-order valence-electron chi connectivity index (χ0n) is 11.8. The van der Waals surface area contributed by atoms with Crippen molar-refractivity contribution in [3.05, 3.63) is 0 Å². The van der Waals surface area contributed by atoms with Crippen LogP contribution < -0.4 is 10.6 Å². The van der Waals surface area contributed by atoms with E-state index in [1.807, 2.05) is 0 Å². The Morgan fingerprint density at radius 3 is 2.83 bits per heavy atom. The Morgan fingerprint density at radius 2 is 2.17 bits per heavy atom. The Hall–Kier alpha value is -0.610. The number of rotatable bonds is 8. The lowest BCUT2D eigenvalue weighted by Crippen LogP contribution is -2.30. The van der Waals surface area contributed by atoms with Crippen LogP contribution in [0.2, 0.25) is 0 Å². The second-order valence-electron chi connectivity index (χ2n) is 5.34. The molecule has 1 aliphatic rings. The smallest absolute Gasteiger partial charge is 0.220 e. The van der Waals surface area contributed by atoms with Crippen LogP contribution in [0.3, 0.4) is 0 Å². The van der Waals surface area contributed by atoms with Crippen LogP contribution in [0.1, 0.15) is 52.4 Å². The van der Waals surface area contributed by atoms with Gasteiger partial charge in [-0.25, -0.2) is 0 Å². The molecule has 1 saturated heterocycles. The van der Waals surface area contributed by atoms with Gasteiger partial charge in [-0.15, -0.1) is 0 Å². The molecule has 1 unspecified atom stereocenters. The molecule has 1 fully saturated rings. The molecule has 4 nitrogen and oxygen atoms in total. The zero-order chi connectivity index (χ0) is 13.2. The highest BCUT2D eigenvalue weighted by atomic mass is 16.5. The van der Waals surface area contributed by atoms with Crippen molar-refractivity contribution < 1.29 is 9.53 Å². The lowest BCUT2D eigenvalue weighted by Gasteiger charge is -2.22. The van der Waals surface area contributed by atoms with Crippen LogP contribution in [0.5, 0.6) is 0 Å². The van der Waals surface area contributed by atoms with Crippen molar-refractivity contribution in [1.29, 1.82) is 0 Å². The average molecular weight is 256 g/mol. The molecule has 0 aromatic rings. The van der Waals surface area contributed by atoms with Crippen molar-refractivity contribution in [2.75, 3.05) is 19.7 Å². The Labute approximate surface area is 111 Å². The molecule has 4 heteroatoms. The summed E-state index contributed by atoms with van der Waals surface area (Å²) in [4.78, 5) is 11.5. The maximum Gasteiger partial charge on any atom is 0.220 e. The molecule has 0 radical (unpaired) electrons. The molecular weight excluding hydrogens is 228 g/mol. The number of hydrogen-bond acceptors (Lipinski definition) is 3. The van der Waals surface area contributed by atoms with Crippen molar-refractivity contribution in [2.45, 2.75) is 64.5 Å². The summed E-state index contributed by atoms with van der Waals surface area (Å²) >= 11 is 0. The number of hydrogen-bond donors (Lipinski definition) is 2. The molecule has 0 spiro atoms. The standard InChI is InChI=1S/C14H28N2O2/c1-12(2)15-9-5-7-14(17)16-10-8-13-6-3-4-11-18-13/h12-13,15H,3-11H2,1-2H3,(H,16,17). The van der Waals surface area contributed by atoms with E-state index in [1.165, 1.54) is 12.8 Å². The van der Waals surface area contributed by atoms with Gasteiger partial charge >= 0.3 is 0 Å². The van der Waals surface area contributed by atoms with E-state index in [9.17, 15) is 4.79 Å². The summed E-state index contributed by atoms with van der Waals surface area (Å²) in [6.07, 6.45) is 6.44. The first kappa shape index (κ1) is 15.4. The Bertz CT molecular complexity index is 226. The van der Waals surface area contributed by atoms with Crippen LogP contribution in [0.25, 0.3) is 0 Å². The van der Waals surface area contributed by atoms with Crippen molar-refractivity contribution in [1.82, 2.24) is 10.6 Å². The molecule has 1 rings (SSSR count). The van der Waals surface area contributed by atoms with Gasteiger partial charge < -0.3 is 15.4 Å². The fourth-order valence-corrected chi connectivity index (χ4v) is 2.14. The van der Waals surface area contributed by atoms with Gasteiger partial charge in [0.2, 0.25) is 5.91 Å². The van der Waals surface area contributed by atoms with Gasteiger partial charge in [-0.3, -0.25) is 4.79 Å². The largest absolute Gasteiger partial charge is 0.378 e. The van der Waals surface area contributed by atoms with Gasteiger partial charge in [-0.05, 0) is 38.6 Å². The maximum absolute atomic E-state index is 11.5. The summed E-state index contributed by atoms with van der Waals surface area (Å²) in [6, 6.07) is 0.497. The predicted octanol–water partition coefficient (Wildman–Crippen LogP) is 1.84. The third-order valence-electron chi connectivity index (χ3n) is 3.20. The molecular formula is C14H28N2O2. The predicted molar refractivity (Wildman–Crippen MR) is 73.6 cm³/mol. The summed E-state index contributed by atoms with van der Waals surface area (Å²) in [5.74, 6) is 0.163. The first-order valence-corrected chi connectivity index (χ1v) is 7.30. The fraction of sp³-hybridized carbons (Fsp3) is 0.929. The highest BCUT2D eigenvalue weighted by molar-refractivity contribution is 5.75. The third-order valence-corrected chi connectivity index (χ3v) is 3.20. The number of ether oxygens (including phenoxy) is 1. The quantitative estimate of drug-likeness (QED) is 0.652. The summed E-state index contributed by atoms with van der Waals surface area (Å²) in [5.41, 5.74) is 0. The van der Waals surface area contributed by atoms with E-state index in [4.69, 9.17) is 4.74 Å². The van der Waals surface area contributed by atoms with E-state index in [0.29, 0.717) is 18.6 Å². The summed E-state index contributed by atoms with van der Waals surface area (Å²) in [6.45, 7) is 6.78. The number of carbonyl (C=O) groups is 1. The lowest BCUT2D eigenvalue weighted by molar-refractivity contribution is -0.121. The van der Waals surface area contributed by atoms with Gasteiger partial charge in [-0.1, -0.05) is 13.8 Å². The minimum absolute atomic E-state index is 0.163. The van der Waals surface area contributed by atoms with E-state index in [2.05, 4.69) is 24.5 Å². The molecule has 1 aliphatic heterocycles. The Kier molecular flexibility index (Phi) is 8.01. The molecule has 1 amide bonds. The monoisotopic (exact) mass is 256 g/mol. The maximum atomic E-state index is 11.5. The van der Waals surface area contributed by atoms with Crippen molar-refractivity contribution >= 4 is 5.91 Å². The molecule has 2 N–H and O–H groups in total. The second-order valence-corrected chi connectivity index (χ2v) is 5.34. The summed E-state index contributed by atoms with van der Waals surface area (Å²) in [7, 11) is 0. The van der Waals surface area contributed by atoms with Crippen molar-refractivity contribution in [3.8, 4) is 0 Å². The van der Waals surface area contributed by atoms with Crippen LogP contribution in [-0.4, -0.2) is 37.7 Å². The van der Waals surface area contributed by atoms with Gasteiger partial charge in [0.1, 0.15) is 0 Å². The topological polar surface area (TPSA) is 50.4 Å². The van der Waals surface area contributed by atoms with Crippen LogP contribution in [0.15, 0.2) is 0 Å². The minimum Gasteiger partial charge on any atom is -0.378 e. The Morgan fingerprint density at radius 1 is 1.33 bits per heavy atom. The molecule has 0 saturated carbocycles. The van der Waals surface area contributed by atoms with Crippen LogP contribution in [-0.2, 0) is 9.53 Å². The fourth-order valence-electron chi connectivity index (χ4n) is 2.14. The van der Waals surface area contributed by atoms with E-state index in [-0.39, 0.29) is 5.91 Å². The molecule has 1 atom stereocenters. The molecule has 0 aliphatic carbocycles. The van der Waals surface area contributed by atoms with Crippen LogP contribution in [0, 0.1) is 0 Å². The van der Waals surface area contributed by atoms with Crippen LogP contribution >= 0.6 is 0 Å². The van der Waals surface area contributed by atoms with E-state index < -0.39 is 0 Å². The molecule has 1 heterocycles. The highest BCUT2D eigenvalue weighted by Crippen LogP contribution is 2.14. The average Bonchev–Trinajstić information content (AvgIpc) is 2.36. The molecule has 106 valence electrons. The number of amides is 1. The Balaban J connectivity index is 1.92. The lowest BCUT2D eigenvalue weighted by atomic mass is 10.1. The normalized spacial score (nSPS) is 20.1. The molecule has 18 heavy (non-hydrogen) atoms. The highest BCUT2D eigenvalue weighted by Gasteiger charge is 2.13. The van der Waals surface area contributed by atoms with Crippen molar-refractivity contribution in [3.63, 3.8) is 0 Å². The zero-order valence-corrected chi connectivity index (χ0v) is 11.8. The molecule has 0 bridgehead atoms. The SMILES string of the molecule is CC(C)NCCCC(=O)NCCC1CCCCO1. The summed E-state index contributed by atoms with van der Waals surface area (Å²) in [5, 5.41) is 6.28. The van der Waals surface area contributed by atoms with Gasteiger partial charge in [0, 0.05) is 25.6 Å². The van der Waals surface area contributed by atoms with Gasteiger partial charge in [0.25, 0.3) is 0 Å². The van der Waals surface area contributed by atoms with Crippen LogP contribution in [0.4, 0.5) is 0 Å². The molecule has 0 aromatic carbocycles. The molecule has 0 aromatic heterocycles. The van der Waals surface area contributed by atoms with Gasteiger partial charge in [0.05, 0.1) is 6.10 Å². The number of carbonyl (C=O) groups excluding carboxylic acids is 1. The van der Waals surface area contributed by atoms with E-state index >= 15 is 0 Å². The van der Waals surface area contributed by atoms with E-state index in [1.54, 1.807) is 0 Å². The third kappa shape index (κ3) is 7.67. The number of nitrogens with one attached hydrogen (secondary N) is 2. The van der Waals surface area contributed by atoms with E-state index in [0.717, 1.165) is 39.0 Å². The van der Waals surface area contributed by atoms with Crippen molar-refractivity contribution in [2.24, 2.45) is 0 Å². The second kappa shape index (κ2) is 9.34. The van der Waals surface area contributed by atoms with Gasteiger partial charge in [0.15, 0.2) is 0 Å². The minimum atomic E-state index is 0.163. The first-order valence-electron chi connectivity index (χ1n) is 7.30. The summed E-state index contributed by atoms with van der Waals surface area (Å²) < 4.78 is 5.62. The van der Waals surface area contributed by atoms with Gasteiger partial charge in [-0.2, -0.15) is 0 Å². The first-order chi connectivity index (χ1) is 8.68.